The molecule has 2 aliphatic rings. The number of ether oxygens (including phenoxy) is 1. The molecule has 0 radical (unpaired) electrons. The van der Waals surface area contributed by atoms with Gasteiger partial charge in [0.25, 0.3) is 5.91 Å². The van der Waals surface area contributed by atoms with E-state index in [0.29, 0.717) is 16.7 Å². The summed E-state index contributed by atoms with van der Waals surface area (Å²) in [4.78, 5) is 14.4. The van der Waals surface area contributed by atoms with E-state index < -0.39 is 22.9 Å². The highest BCUT2D eigenvalue weighted by Crippen LogP contribution is 2.36. The number of likely N-dealkylation sites (tertiary alicyclic amines) is 1. The molecule has 2 saturated heterocycles. The second kappa shape index (κ2) is 7.37. The largest absolute Gasteiger partial charge is 0.416 e. The minimum atomic E-state index is -4.42. The van der Waals surface area contributed by atoms with Gasteiger partial charge in [0, 0.05) is 18.7 Å². The Labute approximate surface area is 171 Å². The zero-order valence-electron chi connectivity index (χ0n) is 16.2. The van der Waals surface area contributed by atoms with Gasteiger partial charge in [-0.1, -0.05) is 24.3 Å². The first kappa shape index (κ1) is 20.8. The summed E-state index contributed by atoms with van der Waals surface area (Å²) in [5.41, 5.74) is -1.43. The minimum Gasteiger partial charge on any atom is -0.385 e. The number of piperidine rings is 1. The Kier molecular flexibility index (Phi) is 5.12. The third-order valence-corrected chi connectivity index (χ3v) is 5.98. The van der Waals surface area contributed by atoms with Crippen molar-refractivity contribution in [1.82, 2.24) is 4.90 Å². The average Bonchev–Trinajstić information content (AvgIpc) is 2.72. The number of amides is 1. The Morgan fingerprint density at radius 2 is 1.37 bits per heavy atom. The zero-order chi connectivity index (χ0) is 21.6. The second-order valence-electron chi connectivity index (χ2n) is 8.00. The van der Waals surface area contributed by atoms with Crippen molar-refractivity contribution in [3.05, 3.63) is 70.8 Å². The number of aliphatic hydroxyl groups is 2. The molecule has 2 aromatic carbocycles. The first-order chi connectivity index (χ1) is 14.1. The van der Waals surface area contributed by atoms with E-state index in [0.717, 1.165) is 12.1 Å². The molecule has 160 valence electrons. The summed E-state index contributed by atoms with van der Waals surface area (Å²) < 4.78 is 43.3. The van der Waals surface area contributed by atoms with Gasteiger partial charge in [-0.05, 0) is 48.2 Å². The van der Waals surface area contributed by atoms with Crippen molar-refractivity contribution >= 4 is 5.91 Å². The molecule has 2 fully saturated rings. The Hall–Kier alpha value is -2.42. The molecule has 0 aromatic heterocycles. The standard InChI is InChI=1S/C22H22F3NO4/c23-22(24,25)18-7-5-16(6-8-18)20(28)9-11-26(12-10-20)19(27)15-1-3-17(4-2-15)21(29)13-30-14-21/h1-8,28-29H,9-14H2. The van der Waals surface area contributed by atoms with Crippen molar-refractivity contribution in [2.45, 2.75) is 30.2 Å². The maximum absolute atomic E-state index is 12.8. The number of hydrogen-bond donors (Lipinski definition) is 2. The highest BCUT2D eigenvalue weighted by molar-refractivity contribution is 5.94. The van der Waals surface area contributed by atoms with Gasteiger partial charge in [0.15, 0.2) is 0 Å². The van der Waals surface area contributed by atoms with Crippen LogP contribution in [0.3, 0.4) is 0 Å². The van der Waals surface area contributed by atoms with Gasteiger partial charge >= 0.3 is 6.18 Å². The molecule has 2 aliphatic heterocycles. The second-order valence-corrected chi connectivity index (χ2v) is 8.00. The lowest BCUT2D eigenvalue weighted by atomic mass is 9.84. The van der Waals surface area contributed by atoms with Gasteiger partial charge in [-0.3, -0.25) is 4.79 Å². The van der Waals surface area contributed by atoms with Crippen LogP contribution in [0.4, 0.5) is 13.2 Å². The molecule has 0 unspecified atom stereocenters. The van der Waals surface area contributed by atoms with Gasteiger partial charge in [0.05, 0.1) is 24.4 Å². The molecule has 0 bridgehead atoms. The zero-order valence-corrected chi connectivity index (χ0v) is 16.2. The number of halogens is 3. The molecular formula is C22H22F3NO4. The third-order valence-electron chi connectivity index (χ3n) is 5.98. The third kappa shape index (κ3) is 3.82. The van der Waals surface area contributed by atoms with Crippen LogP contribution in [0.1, 0.15) is 39.9 Å². The Bertz CT molecular complexity index is 913. The van der Waals surface area contributed by atoms with Crippen molar-refractivity contribution in [3.63, 3.8) is 0 Å². The summed E-state index contributed by atoms with van der Waals surface area (Å²) in [6, 6.07) is 11.3. The van der Waals surface area contributed by atoms with E-state index in [9.17, 15) is 28.2 Å². The number of nitrogens with zero attached hydrogens (tertiary/aromatic N) is 1. The van der Waals surface area contributed by atoms with E-state index >= 15 is 0 Å². The lowest BCUT2D eigenvalue weighted by Crippen LogP contribution is -2.46. The fourth-order valence-electron chi connectivity index (χ4n) is 3.91. The van der Waals surface area contributed by atoms with E-state index in [1.165, 1.54) is 12.1 Å². The molecule has 2 aromatic rings. The highest BCUT2D eigenvalue weighted by atomic mass is 19.4. The maximum Gasteiger partial charge on any atom is 0.416 e. The Morgan fingerprint density at radius 1 is 0.867 bits per heavy atom. The monoisotopic (exact) mass is 421 g/mol. The maximum atomic E-state index is 12.8. The number of hydrogen-bond acceptors (Lipinski definition) is 4. The normalized spacial score (nSPS) is 20.5. The van der Waals surface area contributed by atoms with Crippen LogP contribution in [0.5, 0.6) is 0 Å². The van der Waals surface area contributed by atoms with Crippen LogP contribution in [0.25, 0.3) is 0 Å². The SMILES string of the molecule is O=C(c1ccc(C2(O)COC2)cc1)N1CCC(O)(c2ccc(C(F)(F)F)cc2)CC1. The van der Waals surface area contributed by atoms with Gasteiger partial charge in [-0.2, -0.15) is 13.2 Å². The van der Waals surface area contributed by atoms with Gasteiger partial charge in [0.2, 0.25) is 0 Å². The summed E-state index contributed by atoms with van der Waals surface area (Å²) in [5, 5.41) is 21.2. The number of benzene rings is 2. The van der Waals surface area contributed by atoms with Gasteiger partial charge in [-0.25, -0.2) is 0 Å². The van der Waals surface area contributed by atoms with Crippen LogP contribution in [-0.4, -0.2) is 47.3 Å². The Balaban J connectivity index is 1.40. The van der Waals surface area contributed by atoms with Crippen molar-refractivity contribution in [2.75, 3.05) is 26.3 Å². The van der Waals surface area contributed by atoms with Gasteiger partial charge in [0.1, 0.15) is 5.60 Å². The lowest BCUT2D eigenvalue weighted by molar-refractivity contribution is -0.184. The molecular weight excluding hydrogens is 399 g/mol. The summed E-state index contributed by atoms with van der Waals surface area (Å²) >= 11 is 0. The van der Waals surface area contributed by atoms with Crippen LogP contribution < -0.4 is 0 Å². The minimum absolute atomic E-state index is 0.187. The smallest absolute Gasteiger partial charge is 0.385 e. The molecule has 4 rings (SSSR count). The molecule has 0 saturated carbocycles. The number of carbonyl (C=O) groups excluding carboxylic acids is 1. The van der Waals surface area contributed by atoms with Crippen LogP contribution in [-0.2, 0) is 22.1 Å². The van der Waals surface area contributed by atoms with E-state index in [1.54, 1.807) is 29.2 Å². The molecule has 5 nitrogen and oxygen atoms in total. The fourth-order valence-corrected chi connectivity index (χ4v) is 3.91. The van der Waals surface area contributed by atoms with Crippen molar-refractivity contribution in [1.29, 1.82) is 0 Å². The molecule has 0 aliphatic carbocycles. The van der Waals surface area contributed by atoms with E-state index in [2.05, 4.69) is 0 Å². The fraction of sp³-hybridized carbons (Fsp3) is 0.409. The number of alkyl halides is 3. The highest BCUT2D eigenvalue weighted by Gasteiger charge is 2.39. The number of rotatable bonds is 3. The molecule has 0 spiro atoms. The summed E-state index contributed by atoms with van der Waals surface area (Å²) in [6.45, 7) is 1.04. The topological polar surface area (TPSA) is 70.0 Å². The number of carbonyl (C=O) groups is 1. The lowest BCUT2D eigenvalue weighted by Gasteiger charge is -2.39. The van der Waals surface area contributed by atoms with Gasteiger partial charge < -0.3 is 19.8 Å². The van der Waals surface area contributed by atoms with Crippen molar-refractivity contribution in [3.8, 4) is 0 Å². The Morgan fingerprint density at radius 3 is 1.83 bits per heavy atom. The quantitative estimate of drug-likeness (QED) is 0.800. The van der Waals surface area contributed by atoms with E-state index in [4.69, 9.17) is 4.74 Å². The van der Waals surface area contributed by atoms with Gasteiger partial charge in [-0.15, -0.1) is 0 Å². The molecule has 0 atom stereocenters. The summed E-state index contributed by atoms with van der Waals surface area (Å²) in [7, 11) is 0. The van der Waals surface area contributed by atoms with Crippen molar-refractivity contribution < 1.29 is 32.9 Å². The van der Waals surface area contributed by atoms with Crippen molar-refractivity contribution in [2.24, 2.45) is 0 Å². The first-order valence-corrected chi connectivity index (χ1v) is 9.71. The predicted molar refractivity (Wildman–Crippen MR) is 102 cm³/mol. The molecule has 8 heteroatoms. The van der Waals surface area contributed by atoms with Crippen LogP contribution in [0.2, 0.25) is 0 Å². The average molecular weight is 421 g/mol. The molecule has 1 amide bonds. The molecule has 30 heavy (non-hydrogen) atoms. The summed E-state index contributed by atoms with van der Waals surface area (Å²) in [5.74, 6) is -0.187. The van der Waals surface area contributed by atoms with E-state index in [1.807, 2.05) is 0 Å². The van der Waals surface area contributed by atoms with Crippen LogP contribution in [0.15, 0.2) is 48.5 Å². The predicted octanol–water partition coefficient (Wildman–Crippen LogP) is 3.05. The molecule has 2 N–H and O–H groups in total. The first-order valence-electron chi connectivity index (χ1n) is 9.71. The molecule has 2 heterocycles. The summed E-state index contributed by atoms with van der Waals surface area (Å²) in [6.07, 6.45) is -3.95. The van der Waals surface area contributed by atoms with Crippen LogP contribution >= 0.6 is 0 Å². The van der Waals surface area contributed by atoms with E-state index in [-0.39, 0.29) is 45.1 Å². The van der Waals surface area contributed by atoms with Crippen LogP contribution in [0, 0.1) is 0 Å².